The molecule has 8 nitrogen and oxygen atoms in total. The second-order valence-corrected chi connectivity index (χ2v) is 7.08. The van der Waals surface area contributed by atoms with Gasteiger partial charge in [0.05, 0.1) is 47.4 Å². The number of anilines is 2. The number of rotatable bonds is 7. The minimum Gasteiger partial charge on any atom is -0.467 e. The number of nitrogens with zero attached hydrogens (tertiary/aromatic N) is 4. The van der Waals surface area contributed by atoms with Gasteiger partial charge in [0, 0.05) is 12.4 Å². The minimum atomic E-state index is -0.467. The van der Waals surface area contributed by atoms with Crippen molar-refractivity contribution in [2.45, 2.75) is 26.8 Å². The first-order chi connectivity index (χ1) is 13.9. The molecule has 0 saturated heterocycles. The molecule has 154 valence electrons. The van der Waals surface area contributed by atoms with Crippen LogP contribution in [0.3, 0.4) is 0 Å². The summed E-state index contributed by atoms with van der Waals surface area (Å²) in [7, 11) is 2.85. The number of aryl methyl sites for hydroxylation is 3. The molecule has 0 amide bonds. The summed E-state index contributed by atoms with van der Waals surface area (Å²) >= 11 is 12.3. The van der Waals surface area contributed by atoms with Crippen LogP contribution in [0, 0.1) is 13.8 Å². The maximum absolute atomic E-state index is 12.3. The molecule has 2 aromatic heterocycles. The number of carbonyl (C=O) groups excluding carboxylic acids is 1. The van der Waals surface area contributed by atoms with Crippen LogP contribution in [0.2, 0.25) is 5.02 Å². The van der Waals surface area contributed by atoms with E-state index < -0.39 is 5.97 Å². The molecule has 0 saturated carbocycles. The van der Waals surface area contributed by atoms with Gasteiger partial charge in [0.15, 0.2) is 0 Å². The molecule has 0 bridgehead atoms. The van der Waals surface area contributed by atoms with Gasteiger partial charge < -0.3 is 19.4 Å². The van der Waals surface area contributed by atoms with E-state index in [0.717, 1.165) is 0 Å². The Hall–Kier alpha value is -2.58. The molecule has 1 aromatic carbocycles. The van der Waals surface area contributed by atoms with Crippen LogP contribution in [0.4, 0.5) is 11.6 Å². The maximum atomic E-state index is 12.3. The average Bonchev–Trinajstić information content (AvgIpc) is 3.07. The summed E-state index contributed by atoms with van der Waals surface area (Å²) in [5.41, 5.74) is 3.55. The summed E-state index contributed by atoms with van der Waals surface area (Å²) in [4.78, 5) is 25.6. The Balaban J connectivity index is 2.20. The molecule has 1 N–H and O–H groups in total. The number of esters is 1. The van der Waals surface area contributed by atoms with E-state index in [0.29, 0.717) is 63.5 Å². The maximum Gasteiger partial charge on any atom is 0.340 e. The molecule has 0 atom stereocenters. The van der Waals surface area contributed by atoms with Crippen LogP contribution < -0.4 is 10.1 Å². The van der Waals surface area contributed by atoms with Gasteiger partial charge in [-0.05, 0) is 32.4 Å². The fourth-order valence-corrected chi connectivity index (χ4v) is 3.40. The third-order valence-corrected chi connectivity index (χ3v) is 5.01. The monoisotopic (exact) mass is 437 g/mol. The Morgan fingerprint density at radius 1 is 1.17 bits per heavy atom. The first kappa shape index (κ1) is 21.1. The molecule has 3 aromatic rings. The Labute approximate surface area is 178 Å². The summed E-state index contributed by atoms with van der Waals surface area (Å²) in [5.74, 6) is 0.491. The third kappa shape index (κ3) is 4.09. The highest BCUT2D eigenvalue weighted by Gasteiger charge is 2.22. The average molecular weight is 438 g/mol. The van der Waals surface area contributed by atoms with Crippen LogP contribution in [-0.2, 0) is 11.3 Å². The summed E-state index contributed by atoms with van der Waals surface area (Å²) in [6.45, 7) is 4.22. The molecule has 0 radical (unpaired) electrons. The SMILES string of the molecule is COC(=O)c1ccc(Cl)c2nc(Nc3c(C)nc(OC)nc3C)n(CCCCl)c12. The summed E-state index contributed by atoms with van der Waals surface area (Å²) in [6, 6.07) is 3.55. The molecule has 0 fully saturated rings. The number of carbonyl (C=O) groups is 1. The number of halogens is 2. The fourth-order valence-electron chi connectivity index (χ4n) is 3.08. The van der Waals surface area contributed by atoms with Crippen molar-refractivity contribution < 1.29 is 14.3 Å². The molecule has 0 unspecified atom stereocenters. The molecule has 2 heterocycles. The van der Waals surface area contributed by atoms with Crippen molar-refractivity contribution in [3.8, 4) is 6.01 Å². The van der Waals surface area contributed by atoms with E-state index in [9.17, 15) is 4.79 Å². The zero-order valence-corrected chi connectivity index (χ0v) is 18.1. The number of hydrogen-bond acceptors (Lipinski definition) is 7. The quantitative estimate of drug-likeness (QED) is 0.435. The molecule has 0 aliphatic heterocycles. The molecule has 29 heavy (non-hydrogen) atoms. The lowest BCUT2D eigenvalue weighted by atomic mass is 10.2. The van der Waals surface area contributed by atoms with E-state index in [2.05, 4.69) is 20.3 Å². The van der Waals surface area contributed by atoms with E-state index in [1.54, 1.807) is 12.1 Å². The molecule has 0 aliphatic rings. The van der Waals surface area contributed by atoms with Crippen LogP contribution in [0.25, 0.3) is 11.0 Å². The van der Waals surface area contributed by atoms with Gasteiger partial charge in [-0.15, -0.1) is 11.6 Å². The van der Waals surface area contributed by atoms with E-state index in [4.69, 9.17) is 32.7 Å². The van der Waals surface area contributed by atoms with Gasteiger partial charge in [-0.3, -0.25) is 0 Å². The smallest absolute Gasteiger partial charge is 0.340 e. The second kappa shape index (κ2) is 8.84. The zero-order valence-electron chi connectivity index (χ0n) is 16.5. The summed E-state index contributed by atoms with van der Waals surface area (Å²) in [5, 5.41) is 3.72. The number of benzene rings is 1. The highest BCUT2D eigenvalue weighted by molar-refractivity contribution is 6.35. The lowest BCUT2D eigenvalue weighted by molar-refractivity contribution is 0.0602. The van der Waals surface area contributed by atoms with Gasteiger partial charge in [0.25, 0.3) is 0 Å². The number of ether oxygens (including phenoxy) is 2. The zero-order chi connectivity index (χ0) is 21.1. The van der Waals surface area contributed by atoms with Crippen LogP contribution >= 0.6 is 23.2 Å². The Kier molecular flexibility index (Phi) is 6.44. The molecule has 0 spiro atoms. The number of aromatic nitrogens is 4. The number of alkyl halides is 1. The van der Waals surface area contributed by atoms with Crippen LogP contribution in [0.1, 0.15) is 28.2 Å². The largest absolute Gasteiger partial charge is 0.467 e. The highest BCUT2D eigenvalue weighted by atomic mass is 35.5. The van der Waals surface area contributed by atoms with E-state index in [1.807, 2.05) is 18.4 Å². The predicted octanol–water partition coefficient (Wildman–Crippen LogP) is 4.26. The highest BCUT2D eigenvalue weighted by Crippen LogP contribution is 2.32. The first-order valence-electron chi connectivity index (χ1n) is 8.90. The first-order valence-corrected chi connectivity index (χ1v) is 9.81. The lowest BCUT2D eigenvalue weighted by Crippen LogP contribution is -2.10. The van der Waals surface area contributed by atoms with Crippen molar-refractivity contribution >= 4 is 51.8 Å². The van der Waals surface area contributed by atoms with Crippen molar-refractivity contribution in [2.24, 2.45) is 0 Å². The van der Waals surface area contributed by atoms with E-state index in [-0.39, 0.29) is 6.01 Å². The molecule has 0 aliphatic carbocycles. The number of methoxy groups -OCH3 is 2. The van der Waals surface area contributed by atoms with Crippen molar-refractivity contribution in [3.63, 3.8) is 0 Å². The van der Waals surface area contributed by atoms with Crippen LogP contribution in [-0.4, -0.2) is 45.6 Å². The fraction of sp³-hybridized carbons (Fsp3) is 0.368. The van der Waals surface area contributed by atoms with Gasteiger partial charge >= 0.3 is 12.0 Å². The van der Waals surface area contributed by atoms with Crippen molar-refractivity contribution in [3.05, 3.63) is 34.1 Å². The predicted molar refractivity (Wildman–Crippen MR) is 113 cm³/mol. The van der Waals surface area contributed by atoms with Crippen LogP contribution in [0.15, 0.2) is 12.1 Å². The molecular formula is C19H21Cl2N5O3. The number of imidazole rings is 1. The molecular weight excluding hydrogens is 417 g/mol. The topological polar surface area (TPSA) is 91.2 Å². The van der Waals surface area contributed by atoms with Gasteiger partial charge in [0.1, 0.15) is 5.52 Å². The molecule has 3 rings (SSSR count). The summed E-state index contributed by atoms with van der Waals surface area (Å²) < 4.78 is 11.9. The van der Waals surface area contributed by atoms with E-state index >= 15 is 0 Å². The van der Waals surface area contributed by atoms with Gasteiger partial charge in [-0.1, -0.05) is 11.6 Å². The van der Waals surface area contributed by atoms with Crippen LogP contribution in [0.5, 0.6) is 6.01 Å². The third-order valence-electron chi connectivity index (χ3n) is 4.44. The summed E-state index contributed by atoms with van der Waals surface area (Å²) in [6.07, 6.45) is 0.673. The van der Waals surface area contributed by atoms with Gasteiger partial charge in [-0.2, -0.15) is 9.97 Å². The minimum absolute atomic E-state index is 0.289. The van der Waals surface area contributed by atoms with E-state index in [1.165, 1.54) is 14.2 Å². The van der Waals surface area contributed by atoms with Gasteiger partial charge in [0.2, 0.25) is 5.95 Å². The Bertz CT molecular complexity index is 1040. The normalized spacial score (nSPS) is 11.0. The Morgan fingerprint density at radius 3 is 2.45 bits per heavy atom. The standard InChI is InChI=1S/C19H21Cl2N5O3/c1-10-14(11(2)23-19(22-10)29-4)24-18-25-15-13(21)7-6-12(17(27)28-3)16(15)26(18)9-5-8-20/h6-7H,5,8-9H2,1-4H3,(H,24,25). The second-order valence-electron chi connectivity index (χ2n) is 6.29. The Morgan fingerprint density at radius 2 is 1.86 bits per heavy atom. The van der Waals surface area contributed by atoms with Crippen molar-refractivity contribution in [2.75, 3.05) is 25.4 Å². The lowest BCUT2D eigenvalue weighted by Gasteiger charge is -2.14. The van der Waals surface area contributed by atoms with Crippen molar-refractivity contribution in [1.82, 2.24) is 19.5 Å². The van der Waals surface area contributed by atoms with Gasteiger partial charge in [-0.25, -0.2) is 9.78 Å². The number of hydrogen-bond donors (Lipinski definition) is 1. The van der Waals surface area contributed by atoms with Crippen molar-refractivity contribution in [1.29, 1.82) is 0 Å². The number of nitrogens with one attached hydrogen (secondary N) is 1. The number of fused-ring (bicyclic) bond motifs is 1. The molecule has 10 heteroatoms.